The second kappa shape index (κ2) is 7.48. The normalized spacial score (nSPS) is 16.8. The van der Waals surface area contributed by atoms with Gasteiger partial charge in [0.1, 0.15) is 0 Å². The summed E-state index contributed by atoms with van der Waals surface area (Å²) in [5.74, 6) is 0. The largest absolute Gasteiger partial charge is 0.393 e. The van der Waals surface area contributed by atoms with Crippen LogP contribution in [0.15, 0.2) is 24.3 Å². The van der Waals surface area contributed by atoms with E-state index in [2.05, 4.69) is 34.5 Å². The molecule has 2 N–H and O–H groups in total. The predicted octanol–water partition coefficient (Wildman–Crippen LogP) is 1.38. The number of aliphatic hydroxyl groups is 1. The number of hydrogen-bond acceptors (Lipinski definition) is 4. The number of ether oxygens (including phenoxy) is 1. The summed E-state index contributed by atoms with van der Waals surface area (Å²) in [6.07, 6.45) is 1.61. The molecule has 0 spiro atoms. The van der Waals surface area contributed by atoms with Gasteiger partial charge in [0, 0.05) is 39.0 Å². The van der Waals surface area contributed by atoms with E-state index in [-0.39, 0.29) is 6.10 Å². The Labute approximate surface area is 115 Å². The minimum atomic E-state index is -0.122. The monoisotopic (exact) mass is 264 g/mol. The number of methoxy groups -OCH3 is 1. The number of para-hydroxylation sites is 1. The van der Waals surface area contributed by atoms with E-state index < -0.39 is 0 Å². The second-order valence-electron chi connectivity index (χ2n) is 5.02. The van der Waals surface area contributed by atoms with Crippen LogP contribution in [-0.2, 0) is 11.3 Å². The Hall–Kier alpha value is -1.10. The SMILES string of the molecule is COCCNCc1ccccc1N1CCC(O)CC1. The third-order valence-corrected chi connectivity index (χ3v) is 3.60. The highest BCUT2D eigenvalue weighted by Crippen LogP contribution is 2.24. The fourth-order valence-electron chi connectivity index (χ4n) is 2.47. The van der Waals surface area contributed by atoms with Crippen molar-refractivity contribution in [1.82, 2.24) is 5.32 Å². The molecule has 0 saturated carbocycles. The van der Waals surface area contributed by atoms with Crippen LogP contribution in [0.5, 0.6) is 0 Å². The van der Waals surface area contributed by atoms with Gasteiger partial charge in [0.25, 0.3) is 0 Å². The first-order valence-electron chi connectivity index (χ1n) is 7.02. The zero-order valence-corrected chi connectivity index (χ0v) is 11.6. The van der Waals surface area contributed by atoms with E-state index in [1.807, 2.05) is 0 Å². The lowest BCUT2D eigenvalue weighted by Crippen LogP contribution is -2.36. The van der Waals surface area contributed by atoms with Gasteiger partial charge in [-0.1, -0.05) is 18.2 Å². The van der Waals surface area contributed by atoms with Crippen molar-refractivity contribution in [2.75, 3.05) is 38.3 Å². The smallest absolute Gasteiger partial charge is 0.0587 e. The third kappa shape index (κ3) is 4.20. The van der Waals surface area contributed by atoms with Crippen LogP contribution >= 0.6 is 0 Å². The molecule has 1 aliphatic rings. The van der Waals surface area contributed by atoms with Crippen LogP contribution in [0.4, 0.5) is 5.69 Å². The number of piperidine rings is 1. The zero-order valence-electron chi connectivity index (χ0n) is 11.6. The summed E-state index contributed by atoms with van der Waals surface area (Å²) in [7, 11) is 1.72. The van der Waals surface area contributed by atoms with E-state index in [0.29, 0.717) is 0 Å². The molecule has 0 unspecified atom stereocenters. The molecule has 4 nitrogen and oxygen atoms in total. The van der Waals surface area contributed by atoms with Crippen LogP contribution in [-0.4, -0.2) is 44.6 Å². The molecule has 1 aromatic carbocycles. The maximum Gasteiger partial charge on any atom is 0.0587 e. The van der Waals surface area contributed by atoms with Crippen LogP contribution in [0, 0.1) is 0 Å². The molecule has 1 heterocycles. The highest BCUT2D eigenvalue weighted by molar-refractivity contribution is 5.53. The molecule has 0 aromatic heterocycles. The van der Waals surface area contributed by atoms with Crippen molar-refractivity contribution in [2.45, 2.75) is 25.5 Å². The molecule has 0 radical (unpaired) electrons. The summed E-state index contributed by atoms with van der Waals surface area (Å²) in [5.41, 5.74) is 2.61. The third-order valence-electron chi connectivity index (χ3n) is 3.60. The lowest BCUT2D eigenvalue weighted by atomic mass is 10.1. The predicted molar refractivity (Wildman–Crippen MR) is 77.5 cm³/mol. The molecule has 0 amide bonds. The van der Waals surface area contributed by atoms with E-state index in [9.17, 15) is 5.11 Å². The van der Waals surface area contributed by atoms with E-state index >= 15 is 0 Å². The van der Waals surface area contributed by atoms with Crippen molar-refractivity contribution in [3.05, 3.63) is 29.8 Å². The van der Waals surface area contributed by atoms with Crippen LogP contribution in [0.2, 0.25) is 0 Å². The lowest BCUT2D eigenvalue weighted by molar-refractivity contribution is 0.145. The minimum Gasteiger partial charge on any atom is -0.393 e. The summed E-state index contributed by atoms with van der Waals surface area (Å²) < 4.78 is 5.04. The van der Waals surface area contributed by atoms with E-state index in [0.717, 1.165) is 45.6 Å². The summed E-state index contributed by atoms with van der Waals surface area (Å²) >= 11 is 0. The number of rotatable bonds is 6. The van der Waals surface area contributed by atoms with Crippen LogP contribution in [0.3, 0.4) is 0 Å². The van der Waals surface area contributed by atoms with Crippen molar-refractivity contribution in [3.63, 3.8) is 0 Å². The molecule has 0 aliphatic carbocycles. The van der Waals surface area contributed by atoms with Gasteiger partial charge in [0.05, 0.1) is 12.7 Å². The first-order valence-corrected chi connectivity index (χ1v) is 7.02. The Balaban J connectivity index is 1.95. The maximum atomic E-state index is 9.59. The van der Waals surface area contributed by atoms with E-state index in [1.54, 1.807) is 7.11 Å². The Kier molecular flexibility index (Phi) is 5.63. The number of nitrogens with zero attached hydrogens (tertiary/aromatic N) is 1. The molecular weight excluding hydrogens is 240 g/mol. The van der Waals surface area contributed by atoms with Gasteiger partial charge in [-0.25, -0.2) is 0 Å². The second-order valence-corrected chi connectivity index (χ2v) is 5.02. The fourth-order valence-corrected chi connectivity index (χ4v) is 2.47. The van der Waals surface area contributed by atoms with Gasteiger partial charge in [0.2, 0.25) is 0 Å². The van der Waals surface area contributed by atoms with Crippen molar-refractivity contribution >= 4 is 5.69 Å². The first kappa shape index (κ1) is 14.3. The fraction of sp³-hybridized carbons (Fsp3) is 0.600. The van der Waals surface area contributed by atoms with Gasteiger partial charge < -0.3 is 20.1 Å². The first-order chi connectivity index (χ1) is 9.31. The van der Waals surface area contributed by atoms with E-state index in [1.165, 1.54) is 11.3 Å². The van der Waals surface area contributed by atoms with Gasteiger partial charge in [-0.05, 0) is 24.5 Å². The molecule has 1 aromatic rings. The molecule has 4 heteroatoms. The molecule has 1 saturated heterocycles. The molecule has 1 aliphatic heterocycles. The maximum absolute atomic E-state index is 9.59. The van der Waals surface area contributed by atoms with Gasteiger partial charge in [-0.3, -0.25) is 0 Å². The van der Waals surface area contributed by atoms with Crippen molar-refractivity contribution < 1.29 is 9.84 Å². The molecule has 1 fully saturated rings. The number of aliphatic hydroxyl groups excluding tert-OH is 1. The molecular formula is C15H24N2O2. The van der Waals surface area contributed by atoms with Crippen LogP contribution in [0.25, 0.3) is 0 Å². The minimum absolute atomic E-state index is 0.122. The quantitative estimate of drug-likeness (QED) is 0.762. The number of nitrogens with one attached hydrogen (secondary N) is 1. The average molecular weight is 264 g/mol. The molecule has 2 rings (SSSR count). The van der Waals surface area contributed by atoms with Crippen molar-refractivity contribution in [2.24, 2.45) is 0 Å². The van der Waals surface area contributed by atoms with Gasteiger partial charge in [-0.2, -0.15) is 0 Å². The van der Waals surface area contributed by atoms with Gasteiger partial charge in [0.15, 0.2) is 0 Å². The topological polar surface area (TPSA) is 44.7 Å². The highest BCUT2D eigenvalue weighted by atomic mass is 16.5. The zero-order chi connectivity index (χ0) is 13.5. The number of anilines is 1. The van der Waals surface area contributed by atoms with Crippen LogP contribution in [0.1, 0.15) is 18.4 Å². The Morgan fingerprint density at radius 3 is 2.79 bits per heavy atom. The van der Waals surface area contributed by atoms with E-state index in [4.69, 9.17) is 4.74 Å². The average Bonchev–Trinajstić information content (AvgIpc) is 2.45. The standard InChI is InChI=1S/C15H24N2O2/c1-19-11-8-16-12-13-4-2-3-5-15(13)17-9-6-14(18)7-10-17/h2-5,14,16,18H,6-12H2,1H3. The summed E-state index contributed by atoms with van der Waals surface area (Å²) in [5, 5.41) is 13.0. The molecule has 0 bridgehead atoms. The Morgan fingerprint density at radius 1 is 1.32 bits per heavy atom. The number of hydrogen-bond donors (Lipinski definition) is 2. The Morgan fingerprint density at radius 2 is 2.05 bits per heavy atom. The molecule has 106 valence electrons. The molecule has 0 atom stereocenters. The summed E-state index contributed by atoms with van der Waals surface area (Å²) in [6, 6.07) is 8.50. The van der Waals surface area contributed by atoms with Crippen LogP contribution < -0.4 is 10.2 Å². The lowest BCUT2D eigenvalue weighted by Gasteiger charge is -2.33. The van der Waals surface area contributed by atoms with Gasteiger partial charge in [-0.15, -0.1) is 0 Å². The molecule has 19 heavy (non-hydrogen) atoms. The van der Waals surface area contributed by atoms with Crippen molar-refractivity contribution in [1.29, 1.82) is 0 Å². The highest BCUT2D eigenvalue weighted by Gasteiger charge is 2.18. The van der Waals surface area contributed by atoms with Crippen molar-refractivity contribution in [3.8, 4) is 0 Å². The number of benzene rings is 1. The summed E-state index contributed by atoms with van der Waals surface area (Å²) in [4.78, 5) is 2.38. The van der Waals surface area contributed by atoms with Gasteiger partial charge >= 0.3 is 0 Å². The summed E-state index contributed by atoms with van der Waals surface area (Å²) in [6.45, 7) is 4.34. The Bertz CT molecular complexity index is 376.